The van der Waals surface area contributed by atoms with E-state index in [1.807, 2.05) is 0 Å². The molecule has 0 spiro atoms. The number of amides is 2. The van der Waals surface area contributed by atoms with Crippen molar-refractivity contribution in [1.82, 2.24) is 4.31 Å². The van der Waals surface area contributed by atoms with Gasteiger partial charge in [0.1, 0.15) is 11.6 Å². The Morgan fingerprint density at radius 2 is 1.83 bits per heavy atom. The van der Waals surface area contributed by atoms with E-state index < -0.39 is 27.7 Å². The fourth-order valence-electron chi connectivity index (χ4n) is 3.31. The molecule has 1 aliphatic rings. The molecule has 2 aromatic rings. The van der Waals surface area contributed by atoms with Gasteiger partial charge in [0.25, 0.3) is 5.91 Å². The maximum absolute atomic E-state index is 13.9. The maximum atomic E-state index is 13.9. The maximum Gasteiger partial charge on any atom is 0.258 e. The van der Waals surface area contributed by atoms with Gasteiger partial charge in [-0.3, -0.25) is 9.59 Å². The lowest BCUT2D eigenvalue weighted by molar-refractivity contribution is -0.122. The highest BCUT2D eigenvalue weighted by molar-refractivity contribution is 7.89. The lowest BCUT2D eigenvalue weighted by Gasteiger charge is -2.29. The minimum absolute atomic E-state index is 0.0512. The van der Waals surface area contributed by atoms with Crippen molar-refractivity contribution in [3.63, 3.8) is 0 Å². The predicted molar refractivity (Wildman–Crippen MR) is 108 cm³/mol. The number of rotatable bonds is 6. The van der Waals surface area contributed by atoms with E-state index in [1.165, 1.54) is 47.8 Å². The van der Waals surface area contributed by atoms with Gasteiger partial charge in [-0.15, -0.1) is 0 Å². The molecular formula is C20H22FN3O5S. The summed E-state index contributed by atoms with van der Waals surface area (Å²) in [5.74, 6) is -1.98. The quantitative estimate of drug-likeness (QED) is 0.719. The number of carbonyl (C=O) groups excluding carboxylic acids is 2. The van der Waals surface area contributed by atoms with Crippen LogP contribution < -0.4 is 15.8 Å². The van der Waals surface area contributed by atoms with Gasteiger partial charge < -0.3 is 15.8 Å². The molecule has 160 valence electrons. The van der Waals surface area contributed by atoms with Crippen LogP contribution in [0.5, 0.6) is 5.75 Å². The predicted octanol–water partition coefficient (Wildman–Crippen LogP) is 1.97. The van der Waals surface area contributed by atoms with E-state index in [9.17, 15) is 22.4 Å². The number of primary amides is 1. The Morgan fingerprint density at radius 1 is 1.17 bits per heavy atom. The van der Waals surface area contributed by atoms with Gasteiger partial charge in [-0.1, -0.05) is 12.1 Å². The first-order chi connectivity index (χ1) is 14.2. The van der Waals surface area contributed by atoms with Gasteiger partial charge in [0.2, 0.25) is 15.9 Å². The number of carbonyl (C=O) groups is 2. The fourth-order valence-corrected chi connectivity index (χ4v) is 4.81. The number of hydrogen-bond acceptors (Lipinski definition) is 5. The van der Waals surface area contributed by atoms with Crippen molar-refractivity contribution < 1.29 is 27.1 Å². The van der Waals surface area contributed by atoms with Gasteiger partial charge in [-0.25, -0.2) is 12.8 Å². The second-order valence-electron chi connectivity index (χ2n) is 6.88. The topological polar surface area (TPSA) is 119 Å². The summed E-state index contributed by atoms with van der Waals surface area (Å²) in [5, 5.41) is 2.51. The highest BCUT2D eigenvalue weighted by Crippen LogP contribution is 2.31. The summed E-state index contributed by atoms with van der Waals surface area (Å²) in [5.41, 5.74) is 5.22. The molecule has 10 heteroatoms. The van der Waals surface area contributed by atoms with Crippen molar-refractivity contribution in [1.29, 1.82) is 0 Å². The molecule has 0 aliphatic carbocycles. The molecule has 0 radical (unpaired) electrons. The number of nitrogens with one attached hydrogen (secondary N) is 1. The Labute approximate surface area is 173 Å². The van der Waals surface area contributed by atoms with Crippen LogP contribution in [0.2, 0.25) is 0 Å². The third-order valence-corrected chi connectivity index (χ3v) is 6.93. The molecule has 2 aromatic carbocycles. The third-order valence-electron chi connectivity index (χ3n) is 5.03. The molecule has 0 unspecified atom stereocenters. The van der Waals surface area contributed by atoms with E-state index in [4.69, 9.17) is 10.5 Å². The number of hydrogen-bond donors (Lipinski definition) is 2. The molecule has 1 heterocycles. The number of benzene rings is 2. The molecule has 1 aliphatic heterocycles. The van der Waals surface area contributed by atoms with Gasteiger partial charge >= 0.3 is 0 Å². The number of ether oxygens (including phenoxy) is 1. The molecule has 1 saturated heterocycles. The minimum Gasteiger partial charge on any atom is -0.495 e. The Hall–Kier alpha value is -2.98. The van der Waals surface area contributed by atoms with Crippen LogP contribution in [0, 0.1) is 11.7 Å². The standard InChI is InChI=1S/C20H22FN3O5S/c1-29-18-7-6-14(30(27,28)24-10-8-13(9-11-24)19(22)25)12-17(18)23-20(26)15-4-2-3-5-16(15)21/h2-7,12-13H,8-11H2,1H3,(H2,22,25)(H,23,26). The first-order valence-electron chi connectivity index (χ1n) is 9.27. The Kier molecular flexibility index (Phi) is 6.37. The average molecular weight is 435 g/mol. The van der Waals surface area contributed by atoms with Crippen molar-refractivity contribution in [3.05, 3.63) is 53.8 Å². The zero-order valence-corrected chi connectivity index (χ0v) is 17.1. The van der Waals surface area contributed by atoms with Gasteiger partial charge in [-0.05, 0) is 43.2 Å². The molecule has 0 aromatic heterocycles. The number of nitrogens with two attached hydrogens (primary N) is 1. The Balaban J connectivity index is 1.86. The number of nitrogens with zero attached hydrogens (tertiary/aromatic N) is 1. The summed E-state index contributed by atoms with van der Waals surface area (Å²) in [4.78, 5) is 23.7. The van der Waals surface area contributed by atoms with E-state index in [1.54, 1.807) is 0 Å². The van der Waals surface area contributed by atoms with Crippen molar-refractivity contribution in [2.24, 2.45) is 11.7 Å². The number of anilines is 1. The fraction of sp³-hybridized carbons (Fsp3) is 0.300. The molecule has 30 heavy (non-hydrogen) atoms. The summed E-state index contributed by atoms with van der Waals surface area (Å²) in [6, 6.07) is 9.51. The molecule has 3 rings (SSSR count). The lowest BCUT2D eigenvalue weighted by atomic mass is 9.98. The van der Waals surface area contributed by atoms with Gasteiger partial charge in [0.05, 0.1) is 23.3 Å². The second-order valence-corrected chi connectivity index (χ2v) is 8.81. The van der Waals surface area contributed by atoms with E-state index in [0.29, 0.717) is 12.8 Å². The normalized spacial score (nSPS) is 15.5. The zero-order chi connectivity index (χ0) is 21.9. The molecule has 0 saturated carbocycles. The van der Waals surface area contributed by atoms with Crippen LogP contribution in [0.4, 0.5) is 10.1 Å². The van der Waals surface area contributed by atoms with E-state index >= 15 is 0 Å². The number of halogens is 1. The van der Waals surface area contributed by atoms with Crippen LogP contribution in [-0.4, -0.2) is 44.7 Å². The van der Waals surface area contributed by atoms with E-state index in [0.717, 1.165) is 6.07 Å². The van der Waals surface area contributed by atoms with Crippen LogP contribution >= 0.6 is 0 Å². The molecule has 1 fully saturated rings. The van der Waals surface area contributed by atoms with Gasteiger partial charge in [0, 0.05) is 19.0 Å². The SMILES string of the molecule is COc1ccc(S(=O)(=O)N2CCC(C(N)=O)CC2)cc1NC(=O)c1ccccc1F. The highest BCUT2D eigenvalue weighted by Gasteiger charge is 2.31. The average Bonchev–Trinajstić information content (AvgIpc) is 2.74. The van der Waals surface area contributed by atoms with Crippen LogP contribution in [0.25, 0.3) is 0 Å². The van der Waals surface area contributed by atoms with Gasteiger partial charge in [0.15, 0.2) is 0 Å². The highest BCUT2D eigenvalue weighted by atomic mass is 32.2. The smallest absolute Gasteiger partial charge is 0.258 e. The van der Waals surface area contributed by atoms with Crippen molar-refractivity contribution in [2.45, 2.75) is 17.7 Å². The summed E-state index contributed by atoms with van der Waals surface area (Å²) in [7, 11) is -2.50. The number of sulfonamides is 1. The molecule has 0 atom stereocenters. The minimum atomic E-state index is -3.87. The molecule has 0 bridgehead atoms. The Bertz CT molecular complexity index is 1070. The second kappa shape index (κ2) is 8.80. The van der Waals surface area contributed by atoms with Crippen molar-refractivity contribution in [3.8, 4) is 5.75 Å². The zero-order valence-electron chi connectivity index (χ0n) is 16.3. The van der Waals surface area contributed by atoms with Crippen LogP contribution in [0.15, 0.2) is 47.4 Å². The summed E-state index contributed by atoms with van der Waals surface area (Å²) >= 11 is 0. The third kappa shape index (κ3) is 4.44. The summed E-state index contributed by atoms with van der Waals surface area (Å²) in [6.45, 7) is 0.331. The first-order valence-corrected chi connectivity index (χ1v) is 10.7. The monoisotopic (exact) mass is 435 g/mol. The number of piperidine rings is 1. The summed E-state index contributed by atoms with van der Waals surface area (Å²) in [6.07, 6.45) is 0.698. The largest absolute Gasteiger partial charge is 0.495 e. The Morgan fingerprint density at radius 3 is 2.43 bits per heavy atom. The first kappa shape index (κ1) is 21.7. The van der Waals surface area contributed by atoms with Crippen LogP contribution in [0.3, 0.4) is 0 Å². The van der Waals surface area contributed by atoms with Crippen LogP contribution in [0.1, 0.15) is 23.2 Å². The van der Waals surface area contributed by atoms with Crippen LogP contribution in [-0.2, 0) is 14.8 Å². The molecule has 3 N–H and O–H groups in total. The number of methoxy groups -OCH3 is 1. The molecular weight excluding hydrogens is 413 g/mol. The molecule has 8 nitrogen and oxygen atoms in total. The van der Waals surface area contributed by atoms with E-state index in [2.05, 4.69) is 5.32 Å². The summed E-state index contributed by atoms with van der Waals surface area (Å²) < 4.78 is 46.4. The lowest BCUT2D eigenvalue weighted by Crippen LogP contribution is -2.41. The van der Waals surface area contributed by atoms with Crippen molar-refractivity contribution in [2.75, 3.05) is 25.5 Å². The van der Waals surface area contributed by atoms with Gasteiger partial charge in [-0.2, -0.15) is 4.31 Å². The molecule has 2 amide bonds. The van der Waals surface area contributed by atoms with E-state index in [-0.39, 0.29) is 40.9 Å². The van der Waals surface area contributed by atoms with Crippen molar-refractivity contribution >= 4 is 27.5 Å².